The third kappa shape index (κ3) is 6.17. The molecule has 1 heterocycles. The van der Waals surface area contributed by atoms with Gasteiger partial charge in [0.1, 0.15) is 11.6 Å². The number of aryl methyl sites for hydroxylation is 2. The number of ether oxygens (including phenoxy) is 1. The molecule has 0 atom stereocenters. The number of amides is 1. The van der Waals surface area contributed by atoms with Crippen molar-refractivity contribution in [3.63, 3.8) is 0 Å². The third-order valence-corrected chi connectivity index (χ3v) is 5.29. The van der Waals surface area contributed by atoms with Crippen molar-refractivity contribution in [3.8, 4) is 17.4 Å². The van der Waals surface area contributed by atoms with E-state index in [1.807, 2.05) is 6.07 Å². The number of aromatic nitrogens is 1. The first-order valence-electron chi connectivity index (χ1n) is 10.3. The monoisotopic (exact) mass is 487 g/mol. The molecule has 0 aliphatic heterocycles. The summed E-state index contributed by atoms with van der Waals surface area (Å²) in [5.74, 6) is -2.78. The molecule has 3 aromatic rings. The molecule has 1 amide bonds. The Hall–Kier alpha value is -3.77. The Bertz CT molecular complexity index is 1220. The second-order valence-corrected chi connectivity index (χ2v) is 7.67. The van der Waals surface area contributed by atoms with Crippen molar-refractivity contribution < 1.29 is 27.5 Å². The second-order valence-electron chi connectivity index (χ2n) is 7.26. The number of anilines is 1. The van der Waals surface area contributed by atoms with Gasteiger partial charge in [0.15, 0.2) is 18.3 Å². The molecule has 0 bridgehead atoms. The van der Waals surface area contributed by atoms with Crippen molar-refractivity contribution >= 4 is 29.2 Å². The van der Waals surface area contributed by atoms with Crippen molar-refractivity contribution in [1.82, 2.24) is 4.98 Å². The van der Waals surface area contributed by atoms with E-state index in [-0.39, 0.29) is 43.0 Å². The zero-order valence-electron chi connectivity index (χ0n) is 18.2. The van der Waals surface area contributed by atoms with Gasteiger partial charge in [-0.25, -0.2) is 13.8 Å². The van der Waals surface area contributed by atoms with Crippen LogP contribution in [0.25, 0.3) is 11.3 Å². The van der Waals surface area contributed by atoms with Crippen LogP contribution in [0.2, 0.25) is 5.02 Å². The molecule has 0 saturated carbocycles. The highest BCUT2D eigenvalue weighted by atomic mass is 35.5. The number of hydrogen-bond acceptors (Lipinski definition) is 6. The average molecular weight is 488 g/mol. The molecule has 0 aliphatic carbocycles. The minimum Gasteiger partial charge on any atom is -0.456 e. The molecule has 0 fully saturated rings. The molecule has 3 rings (SSSR count). The van der Waals surface area contributed by atoms with E-state index in [0.717, 1.165) is 17.7 Å². The van der Waals surface area contributed by atoms with Gasteiger partial charge in [0, 0.05) is 23.7 Å². The number of nitrogens with zero attached hydrogens (tertiary/aromatic N) is 3. The fourth-order valence-electron chi connectivity index (χ4n) is 3.13. The molecule has 0 aliphatic rings. The minimum absolute atomic E-state index is 0.0115. The molecule has 34 heavy (non-hydrogen) atoms. The predicted octanol–water partition coefficient (Wildman–Crippen LogP) is 5.00. The maximum Gasteiger partial charge on any atom is 0.306 e. The van der Waals surface area contributed by atoms with E-state index in [9.17, 15) is 18.4 Å². The number of carbonyl (C=O) groups excluding carboxylic acids is 2. The van der Waals surface area contributed by atoms with Crippen LogP contribution in [-0.4, -0.2) is 30.0 Å². The number of nitriles is 1. The largest absolute Gasteiger partial charge is 0.456 e. The van der Waals surface area contributed by atoms with E-state index >= 15 is 0 Å². The maximum atomic E-state index is 13.9. The first-order valence-corrected chi connectivity index (χ1v) is 10.7. The highest BCUT2D eigenvalue weighted by Crippen LogP contribution is 2.27. The van der Waals surface area contributed by atoms with E-state index in [1.165, 1.54) is 17.2 Å². The lowest BCUT2D eigenvalue weighted by Gasteiger charge is -2.22. The summed E-state index contributed by atoms with van der Waals surface area (Å²) in [4.78, 5) is 30.1. The fourth-order valence-corrected chi connectivity index (χ4v) is 3.25. The summed E-state index contributed by atoms with van der Waals surface area (Å²) >= 11 is 6.03. The van der Waals surface area contributed by atoms with Gasteiger partial charge >= 0.3 is 5.97 Å². The predicted molar refractivity (Wildman–Crippen MR) is 120 cm³/mol. The van der Waals surface area contributed by atoms with Gasteiger partial charge < -0.3 is 14.1 Å². The zero-order valence-corrected chi connectivity index (χ0v) is 18.9. The van der Waals surface area contributed by atoms with E-state index in [1.54, 1.807) is 25.1 Å². The molecule has 1 aromatic heterocycles. The molecule has 0 saturated heterocycles. The van der Waals surface area contributed by atoms with Gasteiger partial charge in [-0.05, 0) is 42.8 Å². The van der Waals surface area contributed by atoms with Crippen molar-refractivity contribution in [2.24, 2.45) is 0 Å². The molecule has 10 heteroatoms. The van der Waals surface area contributed by atoms with Gasteiger partial charge in [-0.15, -0.1) is 0 Å². The molecule has 176 valence electrons. The van der Waals surface area contributed by atoms with Crippen LogP contribution in [0.1, 0.15) is 24.3 Å². The number of rotatable bonds is 9. The maximum absolute atomic E-state index is 13.9. The summed E-state index contributed by atoms with van der Waals surface area (Å²) in [6, 6.07) is 10.4. The smallest absolute Gasteiger partial charge is 0.306 e. The summed E-state index contributed by atoms with van der Waals surface area (Å²) < 4.78 is 38.2. The zero-order chi connectivity index (χ0) is 24.7. The lowest BCUT2D eigenvalue weighted by molar-refractivity contribution is -0.147. The second kappa shape index (κ2) is 11.4. The van der Waals surface area contributed by atoms with E-state index < -0.39 is 30.1 Å². The third-order valence-electron chi connectivity index (χ3n) is 4.86. The van der Waals surface area contributed by atoms with Crippen LogP contribution in [-0.2, 0) is 20.7 Å². The lowest BCUT2D eigenvalue weighted by Crippen LogP contribution is -2.35. The van der Waals surface area contributed by atoms with E-state index in [2.05, 4.69) is 4.98 Å². The lowest BCUT2D eigenvalue weighted by atomic mass is 10.1. The molecular formula is C24H20ClF2N3O4. The molecule has 2 aromatic carbocycles. The summed E-state index contributed by atoms with van der Waals surface area (Å²) in [6.07, 6.45) is 1.12. The Morgan fingerprint density at radius 1 is 1.24 bits per heavy atom. The van der Waals surface area contributed by atoms with Crippen LogP contribution in [0.5, 0.6) is 0 Å². The van der Waals surface area contributed by atoms with Gasteiger partial charge in [-0.1, -0.05) is 17.7 Å². The number of esters is 1. The van der Waals surface area contributed by atoms with Crippen LogP contribution >= 0.6 is 11.6 Å². The molecule has 0 spiro atoms. The molecular weight excluding hydrogens is 468 g/mol. The van der Waals surface area contributed by atoms with Crippen molar-refractivity contribution in [2.75, 3.05) is 18.1 Å². The summed E-state index contributed by atoms with van der Waals surface area (Å²) in [5, 5.41) is 9.43. The quantitative estimate of drug-likeness (QED) is 0.394. The van der Waals surface area contributed by atoms with Crippen molar-refractivity contribution in [3.05, 3.63) is 70.7 Å². The number of halogens is 3. The Balaban J connectivity index is 1.56. The highest BCUT2D eigenvalue weighted by molar-refractivity contribution is 6.31. The van der Waals surface area contributed by atoms with Gasteiger partial charge in [0.25, 0.3) is 5.91 Å². The molecule has 0 unspecified atom stereocenters. The average Bonchev–Trinajstić information content (AvgIpc) is 3.27. The van der Waals surface area contributed by atoms with Crippen LogP contribution in [0, 0.1) is 29.9 Å². The Morgan fingerprint density at radius 2 is 1.97 bits per heavy atom. The van der Waals surface area contributed by atoms with Crippen LogP contribution in [0.15, 0.2) is 47.0 Å². The topological polar surface area (TPSA) is 96.4 Å². The Kier molecular flexibility index (Phi) is 8.33. The van der Waals surface area contributed by atoms with E-state index in [4.69, 9.17) is 26.0 Å². The minimum atomic E-state index is -0.794. The summed E-state index contributed by atoms with van der Waals surface area (Å²) in [5.41, 5.74) is 0.946. The fraction of sp³-hybridized carbons (Fsp3) is 0.250. The SMILES string of the molecule is Cc1cc(N(CCC#N)C(=O)COC(=O)CCc2ncc(-c3c(F)cccc3F)o2)ccc1Cl. The molecule has 0 radical (unpaired) electrons. The van der Waals surface area contributed by atoms with Gasteiger partial charge in [0.05, 0.1) is 30.7 Å². The highest BCUT2D eigenvalue weighted by Gasteiger charge is 2.19. The van der Waals surface area contributed by atoms with Gasteiger partial charge in [-0.3, -0.25) is 9.59 Å². The van der Waals surface area contributed by atoms with Crippen LogP contribution < -0.4 is 4.90 Å². The van der Waals surface area contributed by atoms with Crippen molar-refractivity contribution in [2.45, 2.75) is 26.2 Å². The molecule has 7 nitrogen and oxygen atoms in total. The van der Waals surface area contributed by atoms with Crippen molar-refractivity contribution in [1.29, 1.82) is 5.26 Å². The van der Waals surface area contributed by atoms with Crippen LogP contribution in [0.4, 0.5) is 14.5 Å². The Labute approximate surface area is 199 Å². The van der Waals surface area contributed by atoms with Gasteiger partial charge in [-0.2, -0.15) is 5.26 Å². The summed E-state index contributed by atoms with van der Waals surface area (Å²) in [6.45, 7) is 1.39. The Morgan fingerprint density at radius 3 is 2.65 bits per heavy atom. The van der Waals surface area contributed by atoms with E-state index in [0.29, 0.717) is 10.7 Å². The normalized spacial score (nSPS) is 10.6. The van der Waals surface area contributed by atoms with Gasteiger partial charge in [0.2, 0.25) is 0 Å². The van der Waals surface area contributed by atoms with Crippen LogP contribution in [0.3, 0.4) is 0 Å². The number of carbonyl (C=O) groups is 2. The number of benzene rings is 2. The number of oxazole rings is 1. The first-order chi connectivity index (χ1) is 16.3. The standard InChI is InChI=1S/C24H20ClF2N3O4/c1-15-12-16(6-7-17(15)25)30(11-3-10-28)22(31)14-33-23(32)9-8-21-29-13-20(34-21)24-18(26)4-2-5-19(24)27/h2,4-7,12-13H,3,8-9,11,14H2,1H3. The summed E-state index contributed by atoms with van der Waals surface area (Å²) in [7, 11) is 0. The molecule has 0 N–H and O–H groups in total. The number of hydrogen-bond donors (Lipinski definition) is 0. The first kappa shape index (κ1) is 24.9.